The van der Waals surface area contributed by atoms with Gasteiger partial charge in [0.2, 0.25) is 0 Å². The number of aryl methyl sites for hydroxylation is 3. The number of aliphatic imine (C=N–C) groups is 1. The van der Waals surface area contributed by atoms with Gasteiger partial charge in [-0.3, -0.25) is 14.6 Å². The number of rotatable bonds is 8. The van der Waals surface area contributed by atoms with Crippen LogP contribution < -0.4 is 10.6 Å². The predicted molar refractivity (Wildman–Crippen MR) is 147 cm³/mol. The fourth-order valence-electron chi connectivity index (χ4n) is 4.40. The van der Waals surface area contributed by atoms with E-state index in [0.717, 1.165) is 50.9 Å². The van der Waals surface area contributed by atoms with Crippen LogP contribution in [0.2, 0.25) is 0 Å². The third kappa shape index (κ3) is 7.68. The highest BCUT2D eigenvalue weighted by Crippen LogP contribution is 2.23. The smallest absolute Gasteiger partial charge is 0.191 e. The summed E-state index contributed by atoms with van der Waals surface area (Å²) in [5, 5.41) is 11.6. The molecule has 2 atom stereocenters. The van der Waals surface area contributed by atoms with Gasteiger partial charge in [-0.1, -0.05) is 29.8 Å². The molecule has 2 unspecified atom stereocenters. The fraction of sp³-hybridized carbons (Fsp3) is 0.600. The topological polar surface area (TPSA) is 66.7 Å². The highest BCUT2D eigenvalue weighted by atomic mass is 127. The number of nitrogens with one attached hydrogen (secondary N) is 2. The summed E-state index contributed by atoms with van der Waals surface area (Å²) in [6.07, 6.45) is 0.917. The Kier molecular flexibility index (Phi) is 11.1. The highest BCUT2D eigenvalue weighted by Gasteiger charge is 2.23. The molecule has 7 nitrogen and oxygen atoms in total. The molecule has 0 spiro atoms. The zero-order chi connectivity index (χ0) is 23.1. The van der Waals surface area contributed by atoms with Crippen LogP contribution in [0.5, 0.6) is 0 Å². The molecule has 0 bridgehead atoms. The quantitative estimate of drug-likeness (QED) is 0.290. The molecule has 0 aliphatic carbocycles. The van der Waals surface area contributed by atoms with Gasteiger partial charge in [0.15, 0.2) is 5.96 Å². The van der Waals surface area contributed by atoms with Crippen molar-refractivity contribution >= 4 is 29.9 Å². The minimum atomic E-state index is 0. The van der Waals surface area contributed by atoms with E-state index in [4.69, 9.17) is 9.73 Å². The Bertz CT molecular complexity index is 906. The van der Waals surface area contributed by atoms with Crippen molar-refractivity contribution in [2.75, 3.05) is 39.4 Å². The first-order chi connectivity index (χ1) is 15.4. The number of hydrogen-bond acceptors (Lipinski definition) is 4. The second kappa shape index (κ2) is 13.3. The van der Waals surface area contributed by atoms with Gasteiger partial charge in [-0.2, -0.15) is 5.10 Å². The molecule has 33 heavy (non-hydrogen) atoms. The standard InChI is InChI=1S/C25H40N6O.HI/c1-7-26-25(28-19(3)16-23-20(4)29-30(6)21(23)5)27-17-24(31-11-13-32-14-12-31)22-10-8-9-18(2)15-22;/h8-10,15,19,24H,7,11-14,16-17H2,1-6H3,(H2,26,27,28);1H. The molecule has 0 saturated carbocycles. The number of aromatic nitrogens is 2. The van der Waals surface area contributed by atoms with Crippen molar-refractivity contribution in [3.8, 4) is 0 Å². The average Bonchev–Trinajstić information content (AvgIpc) is 3.00. The SMILES string of the molecule is CCNC(=NCC(c1cccc(C)c1)N1CCOCC1)NC(C)Cc1c(C)nn(C)c1C.I. The summed E-state index contributed by atoms with van der Waals surface area (Å²) < 4.78 is 7.56. The fourth-order valence-corrected chi connectivity index (χ4v) is 4.40. The first-order valence-electron chi connectivity index (χ1n) is 11.8. The number of hydrogen-bond donors (Lipinski definition) is 2. The Morgan fingerprint density at radius 2 is 1.94 bits per heavy atom. The molecular weight excluding hydrogens is 527 g/mol. The van der Waals surface area contributed by atoms with Crippen molar-refractivity contribution in [3.63, 3.8) is 0 Å². The number of nitrogens with zero attached hydrogens (tertiary/aromatic N) is 4. The van der Waals surface area contributed by atoms with E-state index in [-0.39, 0.29) is 36.1 Å². The van der Waals surface area contributed by atoms with Crippen molar-refractivity contribution in [1.29, 1.82) is 0 Å². The summed E-state index contributed by atoms with van der Waals surface area (Å²) in [7, 11) is 2.01. The molecule has 1 aliphatic rings. The van der Waals surface area contributed by atoms with Gasteiger partial charge in [0.05, 0.1) is 31.5 Å². The van der Waals surface area contributed by atoms with Crippen LogP contribution in [0, 0.1) is 20.8 Å². The minimum absolute atomic E-state index is 0. The molecule has 8 heteroatoms. The normalized spacial score (nSPS) is 16.7. The lowest BCUT2D eigenvalue weighted by Crippen LogP contribution is -2.44. The van der Waals surface area contributed by atoms with Crippen LogP contribution in [-0.4, -0.2) is 66.1 Å². The third-order valence-corrected chi connectivity index (χ3v) is 6.23. The van der Waals surface area contributed by atoms with Crippen molar-refractivity contribution in [1.82, 2.24) is 25.3 Å². The number of morpholine rings is 1. The van der Waals surface area contributed by atoms with Crippen molar-refractivity contribution in [3.05, 3.63) is 52.3 Å². The van der Waals surface area contributed by atoms with E-state index in [0.29, 0.717) is 6.54 Å². The summed E-state index contributed by atoms with van der Waals surface area (Å²) in [6, 6.07) is 9.29. The van der Waals surface area contributed by atoms with Crippen LogP contribution in [0.4, 0.5) is 0 Å². The number of halogens is 1. The predicted octanol–water partition coefficient (Wildman–Crippen LogP) is 3.52. The lowest BCUT2D eigenvalue weighted by atomic mass is 10.0. The maximum atomic E-state index is 5.59. The summed E-state index contributed by atoms with van der Waals surface area (Å²) in [4.78, 5) is 7.51. The number of guanidine groups is 1. The minimum Gasteiger partial charge on any atom is -0.379 e. The van der Waals surface area contributed by atoms with Gasteiger partial charge >= 0.3 is 0 Å². The van der Waals surface area contributed by atoms with E-state index in [9.17, 15) is 0 Å². The zero-order valence-corrected chi connectivity index (χ0v) is 23.3. The highest BCUT2D eigenvalue weighted by molar-refractivity contribution is 14.0. The van der Waals surface area contributed by atoms with Gasteiger partial charge in [-0.05, 0) is 52.2 Å². The third-order valence-electron chi connectivity index (χ3n) is 6.23. The first kappa shape index (κ1) is 27.6. The Hall–Kier alpha value is -1.65. The zero-order valence-electron chi connectivity index (χ0n) is 21.0. The van der Waals surface area contributed by atoms with Gasteiger partial charge < -0.3 is 15.4 Å². The van der Waals surface area contributed by atoms with E-state index in [1.165, 1.54) is 22.4 Å². The van der Waals surface area contributed by atoms with Crippen LogP contribution in [0.3, 0.4) is 0 Å². The number of ether oxygens (including phenoxy) is 1. The average molecular weight is 569 g/mol. The van der Waals surface area contributed by atoms with E-state index in [1.54, 1.807) is 0 Å². The largest absolute Gasteiger partial charge is 0.379 e. The Balaban J connectivity index is 0.00000385. The van der Waals surface area contributed by atoms with Crippen LogP contribution in [0.25, 0.3) is 0 Å². The molecule has 2 heterocycles. The maximum Gasteiger partial charge on any atom is 0.191 e. The molecule has 0 amide bonds. The molecular formula is C25H41IN6O. The summed E-state index contributed by atoms with van der Waals surface area (Å²) in [5.41, 5.74) is 6.25. The maximum absolute atomic E-state index is 5.59. The Morgan fingerprint density at radius 1 is 1.21 bits per heavy atom. The van der Waals surface area contributed by atoms with Gasteiger partial charge in [0.1, 0.15) is 0 Å². The molecule has 184 valence electrons. The van der Waals surface area contributed by atoms with Crippen molar-refractivity contribution in [2.24, 2.45) is 12.0 Å². The van der Waals surface area contributed by atoms with Crippen LogP contribution in [-0.2, 0) is 18.2 Å². The second-order valence-electron chi connectivity index (χ2n) is 8.82. The molecule has 0 radical (unpaired) electrons. The van der Waals surface area contributed by atoms with Gasteiger partial charge in [-0.15, -0.1) is 24.0 Å². The van der Waals surface area contributed by atoms with Crippen molar-refractivity contribution < 1.29 is 4.74 Å². The molecule has 1 aromatic carbocycles. The van der Waals surface area contributed by atoms with E-state index in [2.05, 4.69) is 79.5 Å². The van der Waals surface area contributed by atoms with Crippen LogP contribution in [0.1, 0.15) is 48.0 Å². The van der Waals surface area contributed by atoms with Crippen molar-refractivity contribution in [2.45, 2.75) is 53.1 Å². The van der Waals surface area contributed by atoms with Gasteiger partial charge in [0.25, 0.3) is 0 Å². The molecule has 1 aliphatic heterocycles. The molecule has 3 rings (SSSR count). The lowest BCUT2D eigenvalue weighted by molar-refractivity contribution is 0.0179. The van der Waals surface area contributed by atoms with Crippen LogP contribution in [0.15, 0.2) is 29.3 Å². The van der Waals surface area contributed by atoms with Gasteiger partial charge in [0, 0.05) is 38.4 Å². The Morgan fingerprint density at radius 3 is 2.55 bits per heavy atom. The summed E-state index contributed by atoms with van der Waals surface area (Å²) in [5.74, 6) is 0.866. The van der Waals surface area contributed by atoms with Gasteiger partial charge in [-0.25, -0.2) is 0 Å². The van der Waals surface area contributed by atoms with E-state index in [1.807, 2.05) is 11.7 Å². The molecule has 2 aromatic rings. The summed E-state index contributed by atoms with van der Waals surface area (Å²) in [6.45, 7) is 15.7. The Labute approximate surface area is 216 Å². The van der Waals surface area contributed by atoms with E-state index < -0.39 is 0 Å². The summed E-state index contributed by atoms with van der Waals surface area (Å²) >= 11 is 0. The second-order valence-corrected chi connectivity index (χ2v) is 8.82. The molecule has 1 fully saturated rings. The van der Waals surface area contributed by atoms with E-state index >= 15 is 0 Å². The lowest BCUT2D eigenvalue weighted by Gasteiger charge is -2.34. The number of benzene rings is 1. The molecule has 1 saturated heterocycles. The van der Waals surface area contributed by atoms with Crippen LogP contribution >= 0.6 is 24.0 Å². The molecule has 1 aromatic heterocycles. The first-order valence-corrected chi connectivity index (χ1v) is 11.8. The molecule has 2 N–H and O–H groups in total. The monoisotopic (exact) mass is 568 g/mol.